The van der Waals surface area contributed by atoms with E-state index in [9.17, 15) is 35.1 Å². The Bertz CT molecular complexity index is 1290. The van der Waals surface area contributed by atoms with Crippen LogP contribution in [0, 0.1) is 0 Å². The van der Waals surface area contributed by atoms with E-state index in [4.69, 9.17) is 14.2 Å². The van der Waals surface area contributed by atoms with E-state index in [-0.39, 0.29) is 18.5 Å². The predicted octanol–water partition coefficient (Wildman–Crippen LogP) is 13.9. The molecule has 0 aromatic carbocycles. The van der Waals surface area contributed by atoms with Crippen molar-refractivity contribution < 1.29 is 49.3 Å². The highest BCUT2D eigenvalue weighted by Gasteiger charge is 2.44. The van der Waals surface area contributed by atoms with Crippen LogP contribution in [0.1, 0.15) is 277 Å². The van der Waals surface area contributed by atoms with Gasteiger partial charge in [-0.3, -0.25) is 9.59 Å². The van der Waals surface area contributed by atoms with Crippen LogP contribution < -0.4 is 5.32 Å². The number of ether oxygens (including phenoxy) is 3. The van der Waals surface area contributed by atoms with Gasteiger partial charge in [-0.25, -0.2) is 0 Å². The Balaban J connectivity index is 2.09. The number of aliphatic hydroxyl groups is 5. The zero-order chi connectivity index (χ0) is 52.4. The molecule has 1 fully saturated rings. The first-order chi connectivity index (χ1) is 35.2. The van der Waals surface area contributed by atoms with Crippen molar-refractivity contribution in [3.8, 4) is 0 Å². The molecular weight excluding hydrogens is 907 g/mol. The quantitative estimate of drug-likeness (QED) is 0.0195. The molecule has 0 bridgehead atoms. The summed E-state index contributed by atoms with van der Waals surface area (Å²) in [5.41, 5.74) is 0. The maximum absolute atomic E-state index is 13.0. The minimum atomic E-state index is -1.57. The smallest absolute Gasteiger partial charge is 0.305 e. The fourth-order valence-corrected chi connectivity index (χ4v) is 9.45. The van der Waals surface area contributed by atoms with Crippen LogP contribution in [0.4, 0.5) is 0 Å². The molecule has 0 aromatic heterocycles. The molecule has 1 rings (SSSR count). The van der Waals surface area contributed by atoms with Crippen molar-refractivity contribution in [2.75, 3.05) is 19.8 Å². The summed E-state index contributed by atoms with van der Waals surface area (Å²) in [5, 5.41) is 54.4. The van der Waals surface area contributed by atoms with Gasteiger partial charge in [0.25, 0.3) is 0 Å². The normalized spacial score (nSPS) is 19.2. The van der Waals surface area contributed by atoms with E-state index in [2.05, 4.69) is 43.5 Å². The second-order valence-electron chi connectivity index (χ2n) is 21.1. The van der Waals surface area contributed by atoms with Crippen molar-refractivity contribution in [1.29, 1.82) is 0 Å². The summed E-state index contributed by atoms with van der Waals surface area (Å²) in [5.74, 6) is -0.235. The number of carbonyl (C=O) groups is 2. The molecule has 0 spiro atoms. The van der Waals surface area contributed by atoms with Gasteiger partial charge in [-0.15, -0.1) is 0 Å². The van der Waals surface area contributed by atoms with Gasteiger partial charge in [-0.05, 0) is 51.4 Å². The van der Waals surface area contributed by atoms with Crippen LogP contribution in [0.15, 0.2) is 36.5 Å². The molecule has 7 unspecified atom stereocenters. The molecule has 1 heterocycles. The summed E-state index contributed by atoms with van der Waals surface area (Å²) < 4.78 is 16.6. The van der Waals surface area contributed by atoms with Gasteiger partial charge in [0.15, 0.2) is 6.29 Å². The summed E-state index contributed by atoms with van der Waals surface area (Å²) in [7, 11) is 0. The first-order valence-electron chi connectivity index (χ1n) is 30.3. The van der Waals surface area contributed by atoms with Gasteiger partial charge in [0, 0.05) is 12.8 Å². The molecule has 11 heteroatoms. The van der Waals surface area contributed by atoms with Crippen molar-refractivity contribution in [2.24, 2.45) is 0 Å². The number of unbranched alkanes of at least 4 members (excludes halogenated alkanes) is 34. The van der Waals surface area contributed by atoms with Crippen LogP contribution in [0.3, 0.4) is 0 Å². The van der Waals surface area contributed by atoms with Crippen LogP contribution in [0.25, 0.3) is 0 Å². The van der Waals surface area contributed by atoms with E-state index in [1.807, 2.05) is 6.08 Å². The minimum absolute atomic E-state index is 0.0488. The maximum Gasteiger partial charge on any atom is 0.305 e. The Kier molecular flexibility index (Phi) is 48.1. The zero-order valence-corrected chi connectivity index (χ0v) is 46.4. The average molecular weight is 1020 g/mol. The number of esters is 1. The second kappa shape index (κ2) is 51.0. The Hall–Kier alpha value is -2.12. The van der Waals surface area contributed by atoms with Gasteiger partial charge in [0.2, 0.25) is 5.91 Å². The molecule has 7 atom stereocenters. The van der Waals surface area contributed by atoms with E-state index in [1.165, 1.54) is 180 Å². The molecule has 0 aromatic rings. The molecule has 422 valence electrons. The van der Waals surface area contributed by atoms with Crippen molar-refractivity contribution in [2.45, 2.75) is 320 Å². The topological polar surface area (TPSA) is 175 Å². The van der Waals surface area contributed by atoms with Crippen LogP contribution >= 0.6 is 0 Å². The van der Waals surface area contributed by atoms with Crippen LogP contribution in [0.2, 0.25) is 0 Å². The fraction of sp³-hybridized carbons (Fsp3) is 0.869. The molecule has 11 nitrogen and oxygen atoms in total. The van der Waals surface area contributed by atoms with E-state index >= 15 is 0 Å². The highest BCUT2D eigenvalue weighted by Crippen LogP contribution is 2.23. The van der Waals surface area contributed by atoms with E-state index < -0.39 is 49.5 Å². The van der Waals surface area contributed by atoms with Crippen LogP contribution in [-0.4, -0.2) is 100 Å². The first kappa shape index (κ1) is 67.9. The molecule has 1 aliphatic rings. The number of hydrogen-bond acceptors (Lipinski definition) is 10. The van der Waals surface area contributed by atoms with E-state index in [0.717, 1.165) is 70.6 Å². The van der Waals surface area contributed by atoms with Gasteiger partial charge >= 0.3 is 5.97 Å². The third kappa shape index (κ3) is 40.2. The largest absolute Gasteiger partial charge is 0.465 e. The monoisotopic (exact) mass is 1020 g/mol. The first-order valence-corrected chi connectivity index (χ1v) is 30.3. The van der Waals surface area contributed by atoms with Gasteiger partial charge in [-0.2, -0.15) is 0 Å². The standard InChI is InChI=1S/C61H113NO10/c1-3-5-7-9-11-13-15-28-31-35-39-43-47-54(64)53(52-71-61-60(69)59(68)58(67)55(51-63)72-61)62-56(65)48-44-40-36-32-29-25-23-21-19-17-16-18-20-22-24-26-30-34-38-42-46-50-70-57(66)49-45-41-37-33-27-14-12-10-8-6-4-2/h26,30,38,42-43,47,53-55,58-61,63-64,67-69H,3-25,27-29,31-37,39-41,44-46,48-52H2,1-2H3,(H,62,65)/b30-26-,42-38-,47-43+. The van der Waals surface area contributed by atoms with Crippen molar-refractivity contribution in [3.05, 3.63) is 36.5 Å². The Morgan fingerprint density at radius 2 is 0.931 bits per heavy atom. The van der Waals surface area contributed by atoms with Crippen LogP contribution in [0.5, 0.6) is 0 Å². The summed E-state index contributed by atoms with van der Waals surface area (Å²) >= 11 is 0. The van der Waals surface area contributed by atoms with E-state index in [1.54, 1.807) is 6.08 Å². The third-order valence-electron chi connectivity index (χ3n) is 14.3. The number of allylic oxidation sites excluding steroid dienone is 4. The molecule has 6 N–H and O–H groups in total. The lowest BCUT2D eigenvalue weighted by atomic mass is 9.99. The summed E-state index contributed by atoms with van der Waals surface area (Å²) in [6.45, 7) is 4.23. The number of aliphatic hydroxyl groups excluding tert-OH is 5. The molecule has 1 saturated heterocycles. The Morgan fingerprint density at radius 1 is 0.514 bits per heavy atom. The minimum Gasteiger partial charge on any atom is -0.465 e. The number of amides is 1. The SMILES string of the molecule is CCCCCCCCCCCC/C=C/C(O)C(COC1OC(CO)C(O)C(O)C1O)NC(=O)CCCCCCCCCCCCCCCC/C=C\C/C=C\CCOC(=O)CCCCCCCCCCCCC. The fourth-order valence-electron chi connectivity index (χ4n) is 9.45. The van der Waals surface area contributed by atoms with Gasteiger partial charge in [-0.1, -0.05) is 249 Å². The average Bonchev–Trinajstić information content (AvgIpc) is 3.38. The van der Waals surface area contributed by atoms with Gasteiger partial charge in [0.05, 0.1) is 32.0 Å². The summed E-state index contributed by atoms with van der Waals surface area (Å²) in [4.78, 5) is 25.0. The molecule has 72 heavy (non-hydrogen) atoms. The van der Waals surface area contributed by atoms with Crippen LogP contribution in [-0.2, 0) is 23.8 Å². The second-order valence-corrected chi connectivity index (χ2v) is 21.1. The number of hydrogen-bond donors (Lipinski definition) is 6. The Morgan fingerprint density at radius 3 is 1.40 bits per heavy atom. The molecule has 0 aliphatic carbocycles. The lowest BCUT2D eigenvalue weighted by Gasteiger charge is -2.40. The highest BCUT2D eigenvalue weighted by atomic mass is 16.7. The lowest BCUT2D eigenvalue weighted by molar-refractivity contribution is -0.302. The molecule has 1 amide bonds. The van der Waals surface area contributed by atoms with E-state index in [0.29, 0.717) is 19.4 Å². The molecule has 0 saturated carbocycles. The zero-order valence-electron chi connectivity index (χ0n) is 46.4. The third-order valence-corrected chi connectivity index (χ3v) is 14.3. The number of rotatable bonds is 52. The molecule has 0 radical (unpaired) electrons. The molecular formula is C61H113NO10. The Labute approximate surface area is 441 Å². The van der Waals surface area contributed by atoms with Crippen molar-refractivity contribution in [3.63, 3.8) is 0 Å². The summed E-state index contributed by atoms with van der Waals surface area (Å²) in [6, 6.07) is -0.813. The highest BCUT2D eigenvalue weighted by molar-refractivity contribution is 5.76. The van der Waals surface area contributed by atoms with Crippen molar-refractivity contribution in [1.82, 2.24) is 5.32 Å². The molecule has 1 aliphatic heterocycles. The number of carbonyl (C=O) groups excluding carboxylic acids is 2. The van der Waals surface area contributed by atoms with Gasteiger partial charge < -0.3 is 45.1 Å². The number of nitrogens with one attached hydrogen (secondary N) is 1. The summed E-state index contributed by atoms with van der Waals surface area (Å²) in [6.07, 6.45) is 52.5. The van der Waals surface area contributed by atoms with Gasteiger partial charge in [0.1, 0.15) is 24.4 Å². The lowest BCUT2D eigenvalue weighted by Crippen LogP contribution is -2.60. The predicted molar refractivity (Wildman–Crippen MR) is 297 cm³/mol. The maximum atomic E-state index is 13.0. The van der Waals surface area contributed by atoms with Crippen molar-refractivity contribution >= 4 is 11.9 Å².